The minimum absolute atomic E-state index is 0.120. The van der Waals surface area contributed by atoms with Gasteiger partial charge in [-0.3, -0.25) is 4.79 Å². The van der Waals surface area contributed by atoms with E-state index in [1.807, 2.05) is 24.3 Å². The molecular formula is C19H18FN3O2. The fourth-order valence-electron chi connectivity index (χ4n) is 3.39. The van der Waals surface area contributed by atoms with Gasteiger partial charge in [-0.05, 0) is 43.2 Å². The Hall–Kier alpha value is -2.89. The molecule has 1 N–H and O–H groups in total. The quantitative estimate of drug-likeness (QED) is 0.792. The number of imidazole rings is 1. The molecule has 6 heteroatoms. The van der Waals surface area contributed by atoms with Crippen LogP contribution in [0.2, 0.25) is 0 Å². The summed E-state index contributed by atoms with van der Waals surface area (Å²) in [7, 11) is 1.40. The van der Waals surface area contributed by atoms with Crippen LogP contribution in [0.1, 0.15) is 35.1 Å². The Bertz CT molecular complexity index is 904. The molecule has 0 spiro atoms. The van der Waals surface area contributed by atoms with Crippen molar-refractivity contribution in [1.29, 1.82) is 0 Å². The monoisotopic (exact) mass is 339 g/mol. The number of H-pyrrole nitrogens is 1. The van der Waals surface area contributed by atoms with Crippen molar-refractivity contribution in [2.24, 2.45) is 0 Å². The second-order valence-corrected chi connectivity index (χ2v) is 6.15. The number of likely N-dealkylation sites (tertiary alicyclic amines) is 1. The number of aromatic amines is 1. The molecule has 0 radical (unpaired) electrons. The number of methoxy groups -OCH3 is 1. The van der Waals surface area contributed by atoms with Crippen molar-refractivity contribution in [1.82, 2.24) is 14.9 Å². The number of amides is 1. The molecule has 0 aliphatic carbocycles. The summed E-state index contributed by atoms with van der Waals surface area (Å²) in [5.74, 6) is 0.185. The fourth-order valence-corrected chi connectivity index (χ4v) is 3.39. The van der Waals surface area contributed by atoms with E-state index in [9.17, 15) is 9.18 Å². The van der Waals surface area contributed by atoms with Crippen molar-refractivity contribution in [3.8, 4) is 5.75 Å². The molecule has 1 aliphatic heterocycles. The number of fused-ring (bicyclic) bond motifs is 1. The van der Waals surface area contributed by atoms with Crippen LogP contribution in [0.5, 0.6) is 5.75 Å². The Morgan fingerprint density at radius 3 is 2.92 bits per heavy atom. The van der Waals surface area contributed by atoms with E-state index in [0.29, 0.717) is 12.1 Å². The predicted octanol–water partition coefficient (Wildman–Crippen LogP) is 3.69. The number of carbonyl (C=O) groups excluding carboxylic acids is 1. The molecule has 5 nitrogen and oxygen atoms in total. The summed E-state index contributed by atoms with van der Waals surface area (Å²) < 4.78 is 18.9. The lowest BCUT2D eigenvalue weighted by Gasteiger charge is -2.23. The zero-order valence-electron chi connectivity index (χ0n) is 13.8. The number of nitrogens with one attached hydrogen (secondary N) is 1. The highest BCUT2D eigenvalue weighted by molar-refractivity contribution is 5.95. The van der Waals surface area contributed by atoms with Gasteiger partial charge in [0.25, 0.3) is 5.91 Å². The lowest BCUT2D eigenvalue weighted by atomic mass is 10.1. The maximum absolute atomic E-state index is 13.9. The molecule has 128 valence electrons. The number of hydrogen-bond donors (Lipinski definition) is 1. The number of halogens is 1. The van der Waals surface area contributed by atoms with Crippen molar-refractivity contribution < 1.29 is 13.9 Å². The fraction of sp³-hybridized carbons (Fsp3) is 0.263. The number of aromatic nitrogens is 2. The van der Waals surface area contributed by atoms with Crippen LogP contribution in [0.4, 0.5) is 4.39 Å². The normalized spacial score (nSPS) is 17.2. The molecule has 1 amide bonds. The molecule has 1 atom stereocenters. The van der Waals surface area contributed by atoms with Crippen LogP contribution >= 0.6 is 0 Å². The van der Waals surface area contributed by atoms with Crippen molar-refractivity contribution >= 4 is 16.9 Å². The average molecular weight is 339 g/mol. The molecule has 1 aromatic heterocycles. The van der Waals surface area contributed by atoms with Gasteiger partial charge in [0.2, 0.25) is 0 Å². The third-order valence-electron chi connectivity index (χ3n) is 4.64. The summed E-state index contributed by atoms with van der Waals surface area (Å²) in [4.78, 5) is 22.6. The van der Waals surface area contributed by atoms with Gasteiger partial charge in [0.15, 0.2) is 11.6 Å². The van der Waals surface area contributed by atoms with Crippen LogP contribution in [-0.2, 0) is 0 Å². The van der Waals surface area contributed by atoms with Gasteiger partial charge in [0.05, 0.1) is 24.2 Å². The molecule has 0 bridgehead atoms. The van der Waals surface area contributed by atoms with Gasteiger partial charge in [0.1, 0.15) is 5.82 Å². The third kappa shape index (κ3) is 2.73. The molecule has 1 fully saturated rings. The van der Waals surface area contributed by atoms with Crippen molar-refractivity contribution in [3.63, 3.8) is 0 Å². The van der Waals surface area contributed by atoms with Crippen molar-refractivity contribution in [2.45, 2.75) is 18.9 Å². The number of para-hydroxylation sites is 2. The molecule has 1 unspecified atom stereocenters. The van der Waals surface area contributed by atoms with Gasteiger partial charge in [-0.1, -0.05) is 12.1 Å². The summed E-state index contributed by atoms with van der Waals surface area (Å²) in [6.07, 6.45) is 1.73. The number of benzene rings is 2. The number of rotatable bonds is 3. The Morgan fingerprint density at radius 1 is 1.32 bits per heavy atom. The van der Waals surface area contributed by atoms with E-state index < -0.39 is 5.82 Å². The number of carbonyl (C=O) groups is 1. The molecule has 25 heavy (non-hydrogen) atoms. The molecule has 1 aliphatic rings. The molecule has 4 rings (SSSR count). The number of nitrogens with zero attached hydrogens (tertiary/aromatic N) is 2. The molecular weight excluding hydrogens is 321 g/mol. The Morgan fingerprint density at radius 2 is 2.16 bits per heavy atom. The van der Waals surface area contributed by atoms with Gasteiger partial charge < -0.3 is 14.6 Å². The standard InChI is InChI=1S/C19H18FN3O2/c1-25-17-9-8-12(11-13(17)20)19(24)23-10-4-7-16(23)18-21-14-5-2-3-6-15(14)22-18/h2-3,5-6,8-9,11,16H,4,7,10H2,1H3,(H,21,22). The number of ether oxygens (including phenoxy) is 1. The highest BCUT2D eigenvalue weighted by Gasteiger charge is 2.33. The first-order valence-corrected chi connectivity index (χ1v) is 8.26. The topological polar surface area (TPSA) is 58.2 Å². The van der Waals surface area contributed by atoms with Crippen LogP contribution < -0.4 is 4.74 Å². The minimum atomic E-state index is -0.534. The first-order chi connectivity index (χ1) is 12.2. The summed E-state index contributed by atoms with van der Waals surface area (Å²) in [6.45, 7) is 0.633. The van der Waals surface area contributed by atoms with Gasteiger partial charge in [-0.2, -0.15) is 0 Å². The van der Waals surface area contributed by atoms with E-state index in [1.165, 1.54) is 19.2 Å². The van der Waals surface area contributed by atoms with Gasteiger partial charge in [0, 0.05) is 12.1 Å². The van der Waals surface area contributed by atoms with E-state index in [1.54, 1.807) is 11.0 Å². The van der Waals surface area contributed by atoms with Crippen LogP contribution in [0.15, 0.2) is 42.5 Å². The first kappa shape index (κ1) is 15.6. The van der Waals surface area contributed by atoms with Gasteiger partial charge >= 0.3 is 0 Å². The lowest BCUT2D eigenvalue weighted by molar-refractivity contribution is 0.0730. The maximum Gasteiger partial charge on any atom is 0.254 e. The van der Waals surface area contributed by atoms with E-state index in [0.717, 1.165) is 29.7 Å². The molecule has 2 heterocycles. The van der Waals surface area contributed by atoms with Crippen LogP contribution in [0, 0.1) is 5.82 Å². The first-order valence-electron chi connectivity index (χ1n) is 8.26. The largest absolute Gasteiger partial charge is 0.494 e. The lowest BCUT2D eigenvalue weighted by Crippen LogP contribution is -2.31. The summed E-state index contributed by atoms with van der Waals surface area (Å²) in [5, 5.41) is 0. The van der Waals surface area contributed by atoms with Crippen LogP contribution in [0.25, 0.3) is 11.0 Å². The highest BCUT2D eigenvalue weighted by atomic mass is 19.1. The molecule has 1 saturated heterocycles. The summed E-state index contributed by atoms with van der Waals surface area (Å²) >= 11 is 0. The van der Waals surface area contributed by atoms with Crippen molar-refractivity contribution in [2.75, 3.05) is 13.7 Å². The van der Waals surface area contributed by atoms with Crippen molar-refractivity contribution in [3.05, 3.63) is 59.7 Å². The summed E-state index contributed by atoms with van der Waals surface area (Å²) in [6, 6.07) is 12.0. The van der Waals surface area contributed by atoms with Gasteiger partial charge in [-0.15, -0.1) is 0 Å². The van der Waals surface area contributed by atoms with E-state index in [-0.39, 0.29) is 17.7 Å². The second-order valence-electron chi connectivity index (χ2n) is 6.15. The predicted molar refractivity (Wildman–Crippen MR) is 92.1 cm³/mol. The zero-order valence-corrected chi connectivity index (χ0v) is 13.8. The maximum atomic E-state index is 13.9. The van der Waals surface area contributed by atoms with E-state index in [4.69, 9.17) is 4.74 Å². The Kier molecular flexibility index (Phi) is 3.87. The smallest absolute Gasteiger partial charge is 0.254 e. The summed E-state index contributed by atoms with van der Waals surface area (Å²) in [5.41, 5.74) is 2.15. The van der Waals surface area contributed by atoms with Crippen LogP contribution in [0.3, 0.4) is 0 Å². The highest BCUT2D eigenvalue weighted by Crippen LogP contribution is 2.33. The second kappa shape index (κ2) is 6.20. The van der Waals surface area contributed by atoms with Crippen LogP contribution in [-0.4, -0.2) is 34.4 Å². The Labute approximate surface area is 144 Å². The number of hydrogen-bond acceptors (Lipinski definition) is 3. The third-order valence-corrected chi connectivity index (χ3v) is 4.64. The average Bonchev–Trinajstić information content (AvgIpc) is 3.27. The Balaban J connectivity index is 1.64. The van der Waals surface area contributed by atoms with E-state index in [2.05, 4.69) is 9.97 Å². The SMILES string of the molecule is COc1ccc(C(=O)N2CCCC2c2nc3ccccc3[nH]2)cc1F. The molecule has 0 saturated carbocycles. The van der Waals surface area contributed by atoms with E-state index >= 15 is 0 Å². The molecule has 3 aromatic rings. The molecule has 2 aromatic carbocycles. The van der Waals surface area contributed by atoms with Gasteiger partial charge in [-0.25, -0.2) is 9.37 Å². The minimum Gasteiger partial charge on any atom is -0.494 e. The zero-order chi connectivity index (χ0) is 17.4.